The van der Waals surface area contributed by atoms with Crippen molar-refractivity contribution < 1.29 is 9.90 Å². The molecule has 0 fully saturated rings. The number of hydrogen-bond donors (Lipinski definition) is 1. The third-order valence-corrected chi connectivity index (χ3v) is 3.08. The Labute approximate surface area is 84.2 Å². The minimum absolute atomic E-state index is 0.365. The first-order valence-electron chi connectivity index (χ1n) is 4.07. The number of fused-ring (bicyclic) bond motifs is 1. The van der Waals surface area contributed by atoms with Crippen molar-refractivity contribution in [3.8, 4) is 6.07 Å². The molecule has 0 aliphatic carbocycles. The molecule has 0 saturated heterocycles. The molecule has 0 unspecified atom stereocenters. The predicted octanol–water partition coefficient (Wildman–Crippen LogP) is 1.05. The van der Waals surface area contributed by atoms with Crippen LogP contribution in [0.3, 0.4) is 0 Å². The first kappa shape index (κ1) is 8.97. The van der Waals surface area contributed by atoms with Crippen LogP contribution in [0, 0.1) is 11.3 Å². The molecule has 1 N–H and O–H groups in total. The monoisotopic (exact) mass is 209 g/mol. The molecule has 5 nitrogen and oxygen atoms in total. The highest BCUT2D eigenvalue weighted by molar-refractivity contribution is 7.12. The van der Waals surface area contributed by atoms with Gasteiger partial charge in [0.05, 0.1) is 12.2 Å². The van der Waals surface area contributed by atoms with Gasteiger partial charge in [-0.2, -0.15) is 5.26 Å². The number of hydrogen-bond acceptors (Lipinski definition) is 4. The Hall–Kier alpha value is -1.61. The Morgan fingerprint density at radius 1 is 1.71 bits per heavy atom. The van der Waals surface area contributed by atoms with Gasteiger partial charge in [0.25, 0.3) is 0 Å². The van der Waals surface area contributed by atoms with Crippen molar-refractivity contribution in [2.75, 3.05) is 6.54 Å². The second-order valence-electron chi connectivity index (χ2n) is 2.95. The summed E-state index contributed by atoms with van der Waals surface area (Å²) in [5.41, 5.74) is 0.879. The van der Waals surface area contributed by atoms with Gasteiger partial charge in [0.1, 0.15) is 6.07 Å². The smallest absolute Gasteiger partial charge is 0.407 e. The van der Waals surface area contributed by atoms with Crippen LogP contribution in [-0.4, -0.2) is 27.6 Å². The zero-order chi connectivity index (χ0) is 10.1. The zero-order valence-corrected chi connectivity index (χ0v) is 8.04. The molecule has 1 amide bonds. The molecule has 1 aromatic heterocycles. The maximum Gasteiger partial charge on any atom is 0.407 e. The van der Waals surface area contributed by atoms with Crippen molar-refractivity contribution >= 4 is 17.4 Å². The van der Waals surface area contributed by atoms with Crippen LogP contribution in [0.2, 0.25) is 0 Å². The van der Waals surface area contributed by atoms with E-state index in [2.05, 4.69) is 4.98 Å². The summed E-state index contributed by atoms with van der Waals surface area (Å²) in [6, 6.07) is 1.97. The first-order chi connectivity index (χ1) is 6.70. The van der Waals surface area contributed by atoms with Gasteiger partial charge in [-0.25, -0.2) is 9.78 Å². The number of nitriles is 1. The number of thiazole rings is 1. The maximum atomic E-state index is 10.7. The van der Waals surface area contributed by atoms with E-state index in [0.29, 0.717) is 24.5 Å². The maximum absolute atomic E-state index is 10.7. The molecule has 0 saturated carbocycles. The van der Waals surface area contributed by atoms with Crippen LogP contribution in [0.1, 0.15) is 15.6 Å². The average Bonchev–Trinajstić information content (AvgIpc) is 2.58. The van der Waals surface area contributed by atoms with E-state index in [1.165, 1.54) is 16.2 Å². The molecule has 1 aliphatic rings. The predicted molar refractivity (Wildman–Crippen MR) is 49.0 cm³/mol. The van der Waals surface area contributed by atoms with Crippen molar-refractivity contribution in [1.29, 1.82) is 5.26 Å². The second kappa shape index (κ2) is 3.27. The van der Waals surface area contributed by atoms with Gasteiger partial charge in [-0.1, -0.05) is 0 Å². The number of carbonyl (C=O) groups is 1. The standard InChI is InChI=1S/C8H7N3O2S/c9-3-7-10-5-1-2-11(8(12)13)4-6(5)14-7/h1-2,4H2,(H,12,13). The summed E-state index contributed by atoms with van der Waals surface area (Å²) < 4.78 is 0. The highest BCUT2D eigenvalue weighted by atomic mass is 32.1. The summed E-state index contributed by atoms with van der Waals surface area (Å²) in [5.74, 6) is 0. The second-order valence-corrected chi connectivity index (χ2v) is 4.04. The fraction of sp³-hybridized carbons (Fsp3) is 0.375. The Balaban J connectivity index is 2.26. The summed E-state index contributed by atoms with van der Waals surface area (Å²) >= 11 is 1.28. The van der Waals surface area contributed by atoms with Crippen LogP contribution in [-0.2, 0) is 13.0 Å². The minimum atomic E-state index is -0.914. The van der Waals surface area contributed by atoms with Crippen molar-refractivity contribution in [1.82, 2.24) is 9.88 Å². The third-order valence-electron chi connectivity index (χ3n) is 2.10. The number of carboxylic acid groups (broad SMARTS) is 1. The van der Waals surface area contributed by atoms with Crippen LogP contribution < -0.4 is 0 Å². The van der Waals surface area contributed by atoms with Crippen molar-refractivity contribution in [2.24, 2.45) is 0 Å². The lowest BCUT2D eigenvalue weighted by Gasteiger charge is -2.22. The molecule has 0 aromatic carbocycles. The number of nitrogens with zero attached hydrogens (tertiary/aromatic N) is 3. The first-order valence-corrected chi connectivity index (χ1v) is 4.89. The van der Waals surface area contributed by atoms with Gasteiger partial charge in [-0.3, -0.25) is 0 Å². The van der Waals surface area contributed by atoms with Crippen LogP contribution in [0.4, 0.5) is 4.79 Å². The van der Waals surface area contributed by atoms with E-state index in [9.17, 15) is 4.79 Å². The van der Waals surface area contributed by atoms with Crippen LogP contribution in [0.15, 0.2) is 0 Å². The van der Waals surface area contributed by atoms with Gasteiger partial charge >= 0.3 is 6.09 Å². The summed E-state index contributed by atoms with van der Waals surface area (Å²) in [5, 5.41) is 17.8. The molecule has 0 atom stereocenters. The molecular weight excluding hydrogens is 202 g/mol. The molecule has 1 aromatic rings. The molecule has 72 valence electrons. The molecule has 2 heterocycles. The van der Waals surface area contributed by atoms with E-state index in [4.69, 9.17) is 10.4 Å². The molecule has 6 heteroatoms. The molecule has 2 rings (SSSR count). The molecule has 1 aliphatic heterocycles. The lowest BCUT2D eigenvalue weighted by molar-refractivity contribution is 0.140. The number of rotatable bonds is 0. The normalized spacial score (nSPS) is 14.6. The quantitative estimate of drug-likeness (QED) is 0.692. The largest absolute Gasteiger partial charge is 0.465 e. The van der Waals surface area contributed by atoms with Crippen LogP contribution in [0.25, 0.3) is 0 Å². The van der Waals surface area contributed by atoms with Gasteiger partial charge in [0.15, 0.2) is 5.01 Å². The van der Waals surface area contributed by atoms with Gasteiger partial charge < -0.3 is 10.0 Å². The van der Waals surface area contributed by atoms with E-state index in [1.807, 2.05) is 6.07 Å². The van der Waals surface area contributed by atoms with E-state index in [-0.39, 0.29) is 0 Å². The Kier molecular flexibility index (Phi) is 2.09. The highest BCUT2D eigenvalue weighted by Crippen LogP contribution is 2.24. The highest BCUT2D eigenvalue weighted by Gasteiger charge is 2.23. The van der Waals surface area contributed by atoms with Gasteiger partial charge in [-0.15, -0.1) is 11.3 Å². The molecule has 0 spiro atoms. The van der Waals surface area contributed by atoms with Crippen molar-refractivity contribution in [3.63, 3.8) is 0 Å². The fourth-order valence-corrected chi connectivity index (χ4v) is 2.33. The third kappa shape index (κ3) is 1.42. The number of aromatic nitrogens is 1. The van der Waals surface area contributed by atoms with Crippen molar-refractivity contribution in [3.05, 3.63) is 15.6 Å². The topological polar surface area (TPSA) is 77.2 Å². The summed E-state index contributed by atoms with van der Waals surface area (Å²) in [4.78, 5) is 17.0. The number of amides is 1. The van der Waals surface area contributed by atoms with Crippen LogP contribution >= 0.6 is 11.3 Å². The molecular formula is C8H7N3O2S. The summed E-state index contributed by atoms with van der Waals surface area (Å²) in [6.07, 6.45) is -0.303. The fourth-order valence-electron chi connectivity index (χ4n) is 1.41. The van der Waals surface area contributed by atoms with Gasteiger partial charge in [0.2, 0.25) is 0 Å². The minimum Gasteiger partial charge on any atom is -0.465 e. The lowest BCUT2D eigenvalue weighted by Crippen LogP contribution is -2.34. The lowest BCUT2D eigenvalue weighted by atomic mass is 10.2. The van der Waals surface area contributed by atoms with Gasteiger partial charge in [-0.05, 0) is 0 Å². The summed E-state index contributed by atoms with van der Waals surface area (Å²) in [6.45, 7) is 0.834. The SMILES string of the molecule is N#Cc1nc2c(s1)CN(C(=O)O)CC2. The van der Waals surface area contributed by atoms with E-state index >= 15 is 0 Å². The average molecular weight is 209 g/mol. The van der Waals surface area contributed by atoms with Crippen LogP contribution in [0.5, 0.6) is 0 Å². The summed E-state index contributed by atoms with van der Waals surface area (Å²) in [7, 11) is 0. The van der Waals surface area contributed by atoms with E-state index in [0.717, 1.165) is 10.6 Å². The Morgan fingerprint density at radius 2 is 2.50 bits per heavy atom. The Morgan fingerprint density at radius 3 is 3.14 bits per heavy atom. The molecule has 0 radical (unpaired) electrons. The molecule has 14 heavy (non-hydrogen) atoms. The molecule has 0 bridgehead atoms. The van der Waals surface area contributed by atoms with Gasteiger partial charge in [0, 0.05) is 17.8 Å². The van der Waals surface area contributed by atoms with E-state index in [1.54, 1.807) is 0 Å². The van der Waals surface area contributed by atoms with Crippen molar-refractivity contribution in [2.45, 2.75) is 13.0 Å². The zero-order valence-electron chi connectivity index (χ0n) is 7.23. The Bertz CT molecular complexity index is 421. The van der Waals surface area contributed by atoms with E-state index < -0.39 is 6.09 Å².